The van der Waals surface area contributed by atoms with Crippen LogP contribution in [0.1, 0.15) is 31.7 Å². The fourth-order valence-corrected chi connectivity index (χ4v) is 1.74. The monoisotopic (exact) mass is 237 g/mol. The first-order valence-corrected chi connectivity index (χ1v) is 6.42. The van der Waals surface area contributed by atoms with Crippen LogP contribution in [0.25, 0.3) is 0 Å². The van der Waals surface area contributed by atoms with Crippen LogP contribution in [0.2, 0.25) is 0 Å². The van der Waals surface area contributed by atoms with Gasteiger partial charge in [0.05, 0.1) is 6.61 Å². The van der Waals surface area contributed by atoms with Gasteiger partial charge in [0.1, 0.15) is 0 Å². The van der Waals surface area contributed by atoms with Gasteiger partial charge in [-0.15, -0.1) is 0 Å². The molecule has 2 nitrogen and oxygen atoms in total. The van der Waals surface area contributed by atoms with Crippen molar-refractivity contribution in [3.63, 3.8) is 0 Å². The van der Waals surface area contributed by atoms with Gasteiger partial charge < -0.3 is 10.1 Å². The third kappa shape index (κ3) is 3.70. The van der Waals surface area contributed by atoms with Crippen LogP contribution in [-0.2, 0) is 6.54 Å². The molecule has 0 atom stereocenters. The highest BCUT2D eigenvalue weighted by Crippen LogP contribution is 2.31. The van der Waals surface area contributed by atoms with Crippen molar-refractivity contribution in [3.05, 3.63) is 29.6 Å². The van der Waals surface area contributed by atoms with Crippen LogP contribution >= 0.6 is 0 Å². The molecule has 1 aliphatic carbocycles. The minimum atomic E-state index is -0.249. The Morgan fingerprint density at radius 2 is 2.24 bits per heavy atom. The summed E-state index contributed by atoms with van der Waals surface area (Å²) < 4.78 is 19.3. The molecule has 0 bridgehead atoms. The SMILES string of the molecule is CCCNCc1cccc(F)c1OCC1CC1. The largest absolute Gasteiger partial charge is 0.490 e. The lowest BCUT2D eigenvalue weighted by atomic mass is 10.2. The second kappa shape index (κ2) is 6.01. The Labute approximate surface area is 102 Å². The van der Waals surface area contributed by atoms with Gasteiger partial charge in [0.2, 0.25) is 0 Å². The van der Waals surface area contributed by atoms with Gasteiger partial charge in [-0.1, -0.05) is 19.1 Å². The lowest BCUT2D eigenvalue weighted by Crippen LogP contribution is -2.15. The van der Waals surface area contributed by atoms with Gasteiger partial charge in [-0.3, -0.25) is 0 Å². The molecular weight excluding hydrogens is 217 g/mol. The smallest absolute Gasteiger partial charge is 0.165 e. The molecule has 1 saturated carbocycles. The first-order chi connectivity index (χ1) is 8.31. The van der Waals surface area contributed by atoms with E-state index in [9.17, 15) is 4.39 Å². The molecule has 2 rings (SSSR count). The molecule has 1 aromatic rings. The second-order valence-corrected chi connectivity index (χ2v) is 4.66. The van der Waals surface area contributed by atoms with Crippen molar-refractivity contribution in [2.75, 3.05) is 13.2 Å². The van der Waals surface area contributed by atoms with Crippen molar-refractivity contribution in [3.8, 4) is 5.75 Å². The molecule has 0 unspecified atom stereocenters. The molecule has 1 N–H and O–H groups in total. The number of benzene rings is 1. The molecule has 0 radical (unpaired) electrons. The fraction of sp³-hybridized carbons (Fsp3) is 0.571. The fourth-order valence-electron chi connectivity index (χ4n) is 1.74. The summed E-state index contributed by atoms with van der Waals surface area (Å²) in [6, 6.07) is 5.13. The molecule has 17 heavy (non-hydrogen) atoms. The Balaban J connectivity index is 1.98. The quantitative estimate of drug-likeness (QED) is 0.736. The number of halogens is 1. The Morgan fingerprint density at radius 1 is 1.41 bits per heavy atom. The topological polar surface area (TPSA) is 21.3 Å². The third-order valence-electron chi connectivity index (χ3n) is 2.95. The van der Waals surface area contributed by atoms with E-state index < -0.39 is 0 Å². The first-order valence-electron chi connectivity index (χ1n) is 6.42. The first kappa shape index (κ1) is 12.4. The number of rotatable bonds is 7. The van der Waals surface area contributed by atoms with E-state index in [1.807, 2.05) is 6.07 Å². The molecular formula is C14H20FNO. The van der Waals surface area contributed by atoms with Gasteiger partial charge in [-0.25, -0.2) is 4.39 Å². The van der Waals surface area contributed by atoms with Gasteiger partial charge >= 0.3 is 0 Å². The zero-order chi connectivity index (χ0) is 12.1. The normalized spacial score (nSPS) is 14.9. The molecule has 0 amide bonds. The highest BCUT2D eigenvalue weighted by molar-refractivity contribution is 5.35. The van der Waals surface area contributed by atoms with E-state index in [2.05, 4.69) is 12.2 Å². The van der Waals surface area contributed by atoms with Gasteiger partial charge in [0.15, 0.2) is 11.6 Å². The standard InChI is InChI=1S/C14H20FNO/c1-2-8-16-9-12-4-3-5-13(15)14(12)17-10-11-6-7-11/h3-5,11,16H,2,6-10H2,1H3. The maximum absolute atomic E-state index is 13.7. The van der Waals surface area contributed by atoms with Crippen LogP contribution in [0.5, 0.6) is 5.75 Å². The summed E-state index contributed by atoms with van der Waals surface area (Å²) in [6.07, 6.45) is 3.52. The Morgan fingerprint density at radius 3 is 2.94 bits per heavy atom. The summed E-state index contributed by atoms with van der Waals surface area (Å²) in [5.74, 6) is 0.829. The zero-order valence-electron chi connectivity index (χ0n) is 10.3. The van der Waals surface area contributed by atoms with Crippen LogP contribution in [0, 0.1) is 11.7 Å². The Hall–Kier alpha value is -1.09. The second-order valence-electron chi connectivity index (χ2n) is 4.66. The molecule has 0 saturated heterocycles. The lowest BCUT2D eigenvalue weighted by molar-refractivity contribution is 0.281. The van der Waals surface area contributed by atoms with Crippen molar-refractivity contribution in [2.45, 2.75) is 32.7 Å². The van der Waals surface area contributed by atoms with E-state index >= 15 is 0 Å². The third-order valence-corrected chi connectivity index (χ3v) is 2.95. The number of nitrogens with one attached hydrogen (secondary N) is 1. The summed E-state index contributed by atoms with van der Waals surface area (Å²) in [7, 11) is 0. The molecule has 0 aromatic heterocycles. The van der Waals surface area contributed by atoms with Crippen molar-refractivity contribution < 1.29 is 9.13 Å². The van der Waals surface area contributed by atoms with Crippen molar-refractivity contribution in [1.29, 1.82) is 0 Å². The summed E-state index contributed by atoms with van der Waals surface area (Å²) in [5, 5.41) is 3.28. The van der Waals surface area contributed by atoms with Crippen LogP contribution in [-0.4, -0.2) is 13.2 Å². The van der Waals surface area contributed by atoms with Crippen LogP contribution in [0.3, 0.4) is 0 Å². The summed E-state index contributed by atoms with van der Waals surface area (Å²) in [5.41, 5.74) is 0.916. The van der Waals surface area contributed by atoms with Crippen LogP contribution in [0.15, 0.2) is 18.2 Å². The molecule has 94 valence electrons. The van der Waals surface area contributed by atoms with Crippen LogP contribution < -0.4 is 10.1 Å². The van der Waals surface area contributed by atoms with Gasteiger partial charge in [0, 0.05) is 12.1 Å². The molecule has 1 fully saturated rings. The minimum absolute atomic E-state index is 0.249. The van der Waals surface area contributed by atoms with E-state index in [0.717, 1.165) is 18.5 Å². The molecule has 1 aliphatic rings. The maximum Gasteiger partial charge on any atom is 0.165 e. The Kier molecular flexibility index (Phi) is 4.37. The molecule has 1 aromatic carbocycles. The Bertz CT molecular complexity index is 363. The van der Waals surface area contributed by atoms with Crippen molar-refractivity contribution in [1.82, 2.24) is 5.32 Å². The van der Waals surface area contributed by atoms with Gasteiger partial charge in [-0.2, -0.15) is 0 Å². The predicted molar refractivity (Wildman–Crippen MR) is 66.6 cm³/mol. The zero-order valence-corrected chi connectivity index (χ0v) is 10.3. The lowest BCUT2D eigenvalue weighted by Gasteiger charge is -2.12. The maximum atomic E-state index is 13.7. The van der Waals surface area contributed by atoms with Crippen molar-refractivity contribution >= 4 is 0 Å². The minimum Gasteiger partial charge on any atom is -0.490 e. The average molecular weight is 237 g/mol. The van der Waals surface area contributed by atoms with E-state index in [1.165, 1.54) is 18.9 Å². The molecule has 3 heteroatoms. The number of ether oxygens (including phenoxy) is 1. The summed E-state index contributed by atoms with van der Waals surface area (Å²) in [6.45, 7) is 4.38. The molecule has 0 spiro atoms. The predicted octanol–water partition coefficient (Wildman–Crippen LogP) is 3.11. The number of para-hydroxylation sites is 1. The number of hydrogen-bond acceptors (Lipinski definition) is 2. The van der Waals surface area contributed by atoms with E-state index in [-0.39, 0.29) is 5.82 Å². The van der Waals surface area contributed by atoms with E-state index in [1.54, 1.807) is 6.07 Å². The summed E-state index contributed by atoms with van der Waals surface area (Å²) in [4.78, 5) is 0. The van der Waals surface area contributed by atoms with Gasteiger partial charge in [0.25, 0.3) is 0 Å². The van der Waals surface area contributed by atoms with Gasteiger partial charge in [-0.05, 0) is 37.8 Å². The molecule has 0 heterocycles. The van der Waals surface area contributed by atoms with Crippen LogP contribution in [0.4, 0.5) is 4.39 Å². The highest BCUT2D eigenvalue weighted by Gasteiger charge is 2.23. The summed E-state index contributed by atoms with van der Waals surface area (Å²) >= 11 is 0. The van der Waals surface area contributed by atoms with E-state index in [0.29, 0.717) is 24.8 Å². The average Bonchev–Trinajstić information content (AvgIpc) is 3.12. The highest BCUT2D eigenvalue weighted by atomic mass is 19.1. The van der Waals surface area contributed by atoms with Crippen molar-refractivity contribution in [2.24, 2.45) is 5.92 Å². The number of hydrogen-bond donors (Lipinski definition) is 1. The van der Waals surface area contributed by atoms with E-state index in [4.69, 9.17) is 4.74 Å². The molecule has 0 aliphatic heterocycles.